The molecule has 0 unspecified atom stereocenters. The van der Waals surface area contributed by atoms with Crippen LogP contribution in [0.5, 0.6) is 5.75 Å². The van der Waals surface area contributed by atoms with Crippen LogP contribution < -0.4 is 4.74 Å². The quantitative estimate of drug-likeness (QED) is 0.595. The molecule has 0 amide bonds. The molecule has 0 saturated carbocycles. The zero-order valence-electron chi connectivity index (χ0n) is 14.7. The van der Waals surface area contributed by atoms with Gasteiger partial charge in [-0.15, -0.1) is 0 Å². The van der Waals surface area contributed by atoms with Crippen LogP contribution in [-0.4, -0.2) is 18.5 Å². The Morgan fingerprint density at radius 3 is 2.52 bits per heavy atom. The number of benzene rings is 2. The standard InChI is InChI=1S/C21H21NO3/c1-4-24-19-8-6-5-7-17(19)13-18-21(23)25-20(22-18)16-11-9-15(10-12-16)14(2)3/h5-14H,4H2,1-3H3/b18-13-. The Kier molecular flexibility index (Phi) is 4.98. The van der Waals surface area contributed by atoms with Crippen LogP contribution >= 0.6 is 0 Å². The number of para-hydroxylation sites is 1. The van der Waals surface area contributed by atoms with E-state index >= 15 is 0 Å². The number of ether oxygens (including phenoxy) is 2. The van der Waals surface area contributed by atoms with Gasteiger partial charge in [-0.1, -0.05) is 44.2 Å². The molecule has 1 aliphatic heterocycles. The third-order valence-electron chi connectivity index (χ3n) is 3.96. The summed E-state index contributed by atoms with van der Waals surface area (Å²) in [5, 5.41) is 0. The number of esters is 1. The lowest BCUT2D eigenvalue weighted by molar-refractivity contribution is -0.129. The van der Waals surface area contributed by atoms with E-state index in [9.17, 15) is 4.79 Å². The molecule has 0 radical (unpaired) electrons. The highest BCUT2D eigenvalue weighted by atomic mass is 16.6. The van der Waals surface area contributed by atoms with Crippen LogP contribution in [0.4, 0.5) is 0 Å². The van der Waals surface area contributed by atoms with Gasteiger partial charge < -0.3 is 9.47 Å². The molecule has 0 bridgehead atoms. The van der Waals surface area contributed by atoms with Gasteiger partial charge in [0.15, 0.2) is 5.70 Å². The van der Waals surface area contributed by atoms with Crippen LogP contribution in [0.25, 0.3) is 6.08 Å². The second-order valence-electron chi connectivity index (χ2n) is 6.08. The first-order valence-electron chi connectivity index (χ1n) is 8.43. The van der Waals surface area contributed by atoms with Gasteiger partial charge in [-0.05, 0) is 42.7 Å². The highest BCUT2D eigenvalue weighted by molar-refractivity contribution is 6.12. The average molecular weight is 335 g/mol. The summed E-state index contributed by atoms with van der Waals surface area (Å²) in [7, 11) is 0. The molecule has 0 aromatic heterocycles. The third kappa shape index (κ3) is 3.79. The number of hydrogen-bond acceptors (Lipinski definition) is 4. The molecule has 25 heavy (non-hydrogen) atoms. The van der Waals surface area contributed by atoms with Crippen LogP contribution in [0.1, 0.15) is 43.4 Å². The normalized spacial score (nSPS) is 15.4. The molecule has 2 aromatic carbocycles. The van der Waals surface area contributed by atoms with E-state index < -0.39 is 5.97 Å². The Morgan fingerprint density at radius 1 is 1.12 bits per heavy atom. The topological polar surface area (TPSA) is 47.9 Å². The van der Waals surface area contributed by atoms with Gasteiger partial charge in [0, 0.05) is 11.1 Å². The molecular weight excluding hydrogens is 314 g/mol. The summed E-state index contributed by atoms with van der Waals surface area (Å²) in [6.07, 6.45) is 1.70. The van der Waals surface area contributed by atoms with Gasteiger partial charge in [0.25, 0.3) is 0 Å². The summed E-state index contributed by atoms with van der Waals surface area (Å²) in [4.78, 5) is 16.5. The summed E-state index contributed by atoms with van der Waals surface area (Å²) in [6, 6.07) is 15.5. The SMILES string of the molecule is CCOc1ccccc1/C=C1\N=C(c2ccc(C(C)C)cc2)OC1=O. The lowest BCUT2D eigenvalue weighted by Gasteiger charge is -2.06. The van der Waals surface area contributed by atoms with Crippen molar-refractivity contribution in [1.82, 2.24) is 0 Å². The Balaban J connectivity index is 1.90. The molecule has 0 N–H and O–H groups in total. The predicted molar refractivity (Wildman–Crippen MR) is 98.7 cm³/mol. The van der Waals surface area contributed by atoms with Crippen molar-refractivity contribution >= 4 is 17.9 Å². The van der Waals surface area contributed by atoms with Gasteiger partial charge in [-0.25, -0.2) is 9.79 Å². The fourth-order valence-corrected chi connectivity index (χ4v) is 2.58. The number of rotatable bonds is 5. The van der Waals surface area contributed by atoms with Crippen molar-refractivity contribution in [3.05, 3.63) is 70.9 Å². The van der Waals surface area contributed by atoms with E-state index in [0.29, 0.717) is 18.4 Å². The molecule has 4 nitrogen and oxygen atoms in total. The van der Waals surface area contributed by atoms with Gasteiger partial charge in [0.1, 0.15) is 5.75 Å². The molecule has 0 fully saturated rings. The number of carbonyl (C=O) groups excluding carboxylic acids is 1. The maximum Gasteiger partial charge on any atom is 0.363 e. The smallest absolute Gasteiger partial charge is 0.363 e. The maximum absolute atomic E-state index is 12.2. The second kappa shape index (κ2) is 7.34. The molecular formula is C21H21NO3. The van der Waals surface area contributed by atoms with E-state index in [2.05, 4.69) is 18.8 Å². The van der Waals surface area contributed by atoms with Gasteiger partial charge in [0.05, 0.1) is 6.61 Å². The molecule has 3 rings (SSSR count). The van der Waals surface area contributed by atoms with Gasteiger partial charge in [-0.3, -0.25) is 0 Å². The Morgan fingerprint density at radius 2 is 1.84 bits per heavy atom. The Bertz CT molecular complexity index is 832. The largest absolute Gasteiger partial charge is 0.493 e. The van der Waals surface area contributed by atoms with E-state index in [1.54, 1.807) is 6.08 Å². The average Bonchev–Trinajstić information content (AvgIpc) is 2.98. The summed E-state index contributed by atoms with van der Waals surface area (Å²) in [6.45, 7) is 6.75. The maximum atomic E-state index is 12.2. The van der Waals surface area contributed by atoms with Gasteiger partial charge in [0.2, 0.25) is 5.90 Å². The number of carbonyl (C=O) groups is 1. The van der Waals surface area contributed by atoms with Crippen molar-refractivity contribution in [2.45, 2.75) is 26.7 Å². The second-order valence-corrected chi connectivity index (χ2v) is 6.08. The van der Waals surface area contributed by atoms with Crippen LogP contribution in [-0.2, 0) is 9.53 Å². The van der Waals surface area contributed by atoms with Crippen LogP contribution in [0, 0.1) is 0 Å². The van der Waals surface area contributed by atoms with Crippen molar-refractivity contribution in [3.63, 3.8) is 0 Å². The zero-order valence-corrected chi connectivity index (χ0v) is 14.7. The minimum Gasteiger partial charge on any atom is -0.493 e. The third-order valence-corrected chi connectivity index (χ3v) is 3.96. The molecule has 128 valence electrons. The Labute approximate surface area is 147 Å². The number of nitrogens with zero attached hydrogens (tertiary/aromatic N) is 1. The number of cyclic esters (lactones) is 1. The van der Waals surface area contributed by atoms with E-state index in [1.165, 1.54) is 5.56 Å². The molecule has 0 atom stereocenters. The number of aliphatic imine (C=N–C) groups is 1. The lowest BCUT2D eigenvalue weighted by atomic mass is 10.0. The molecule has 4 heteroatoms. The summed E-state index contributed by atoms with van der Waals surface area (Å²) in [5.74, 6) is 1.05. The molecule has 0 spiro atoms. The first-order chi connectivity index (χ1) is 12.1. The molecule has 2 aromatic rings. The first-order valence-corrected chi connectivity index (χ1v) is 8.43. The predicted octanol–water partition coefficient (Wildman–Crippen LogP) is 4.55. The molecule has 0 saturated heterocycles. The van der Waals surface area contributed by atoms with Crippen molar-refractivity contribution in [1.29, 1.82) is 0 Å². The van der Waals surface area contributed by atoms with E-state index in [0.717, 1.165) is 16.9 Å². The fourth-order valence-electron chi connectivity index (χ4n) is 2.58. The first kappa shape index (κ1) is 17.0. The van der Waals surface area contributed by atoms with Crippen molar-refractivity contribution < 1.29 is 14.3 Å². The summed E-state index contributed by atoms with van der Waals surface area (Å²) in [5.41, 5.74) is 3.10. The van der Waals surface area contributed by atoms with Crippen molar-refractivity contribution in [2.75, 3.05) is 6.61 Å². The zero-order chi connectivity index (χ0) is 17.8. The molecule has 0 aliphatic carbocycles. The Hall–Kier alpha value is -2.88. The minimum atomic E-state index is -0.450. The van der Waals surface area contributed by atoms with Crippen molar-refractivity contribution in [3.8, 4) is 5.75 Å². The van der Waals surface area contributed by atoms with E-state index in [1.807, 2.05) is 55.5 Å². The monoisotopic (exact) mass is 335 g/mol. The van der Waals surface area contributed by atoms with Gasteiger partial charge >= 0.3 is 5.97 Å². The molecule has 1 aliphatic rings. The highest BCUT2D eigenvalue weighted by Crippen LogP contribution is 2.25. The van der Waals surface area contributed by atoms with Crippen LogP contribution in [0.3, 0.4) is 0 Å². The summed E-state index contributed by atoms with van der Waals surface area (Å²) < 4.78 is 10.9. The van der Waals surface area contributed by atoms with E-state index in [-0.39, 0.29) is 5.70 Å². The summed E-state index contributed by atoms with van der Waals surface area (Å²) >= 11 is 0. The lowest BCUT2D eigenvalue weighted by Crippen LogP contribution is -2.05. The highest BCUT2D eigenvalue weighted by Gasteiger charge is 2.24. The van der Waals surface area contributed by atoms with Gasteiger partial charge in [-0.2, -0.15) is 0 Å². The minimum absolute atomic E-state index is 0.273. The van der Waals surface area contributed by atoms with Crippen LogP contribution in [0.15, 0.2) is 59.2 Å². The van der Waals surface area contributed by atoms with Crippen molar-refractivity contribution in [2.24, 2.45) is 4.99 Å². The van der Waals surface area contributed by atoms with Crippen LogP contribution in [0.2, 0.25) is 0 Å². The fraction of sp³-hybridized carbons (Fsp3) is 0.238. The number of hydrogen-bond donors (Lipinski definition) is 0. The molecule has 1 heterocycles. The van der Waals surface area contributed by atoms with E-state index in [4.69, 9.17) is 9.47 Å².